The molecule has 0 saturated carbocycles. The van der Waals surface area contributed by atoms with E-state index in [0.717, 1.165) is 0 Å². The summed E-state index contributed by atoms with van der Waals surface area (Å²) in [6, 6.07) is 0. The summed E-state index contributed by atoms with van der Waals surface area (Å²) in [5, 5.41) is 0. The molecule has 0 aliphatic carbocycles. The van der Waals surface area contributed by atoms with Gasteiger partial charge in [-0.2, -0.15) is 0 Å². The van der Waals surface area contributed by atoms with Crippen LogP contribution in [0.25, 0.3) is 0 Å². The van der Waals surface area contributed by atoms with E-state index in [0.29, 0.717) is 3.27 Å². The number of hydrogen-bond donors (Lipinski definition) is 1. The van der Waals surface area contributed by atoms with E-state index in [4.69, 9.17) is 8.92 Å². The van der Waals surface area contributed by atoms with Crippen molar-refractivity contribution in [3.8, 4) is 0 Å². The molecular formula is C3H9ClSSn. The number of thiol groups is 1. The molecule has 0 aliphatic heterocycles. The molecule has 0 amide bonds. The minimum absolute atomic E-state index is 0.522. The van der Waals surface area contributed by atoms with Crippen molar-refractivity contribution in [3.05, 3.63) is 0 Å². The summed E-state index contributed by atoms with van der Waals surface area (Å²) >= 11 is 2.69. The summed E-state index contributed by atoms with van der Waals surface area (Å²) in [6.45, 7) is 2.07. The molecule has 0 fully saturated rings. The topological polar surface area (TPSA) is 0 Å². The molecule has 2 unspecified atom stereocenters. The molecule has 3 heteroatoms. The second-order valence-electron chi connectivity index (χ2n) is 1.42. The van der Waals surface area contributed by atoms with E-state index in [1.165, 1.54) is 0 Å². The Morgan fingerprint density at radius 3 is 2.00 bits per heavy atom. The van der Waals surface area contributed by atoms with Crippen LogP contribution in [0.15, 0.2) is 0 Å². The third-order valence-electron chi connectivity index (χ3n) is 0.665. The van der Waals surface area contributed by atoms with E-state index in [2.05, 4.69) is 24.5 Å². The molecule has 38 valence electrons. The Kier molecular flexibility index (Phi) is 4.27. The Hall–Kier alpha value is 1.44. The Morgan fingerprint density at radius 1 is 1.83 bits per heavy atom. The third-order valence-corrected chi connectivity index (χ3v) is 11.2. The van der Waals surface area contributed by atoms with E-state index in [-0.39, 0.29) is 0 Å². The van der Waals surface area contributed by atoms with Gasteiger partial charge in [0.2, 0.25) is 0 Å². The zero-order valence-electron chi connectivity index (χ0n) is 3.98. The van der Waals surface area contributed by atoms with Crippen LogP contribution >= 0.6 is 21.5 Å². The quantitative estimate of drug-likeness (QED) is 0.512. The Morgan fingerprint density at radius 2 is 2.00 bits per heavy atom. The first kappa shape index (κ1) is 7.44. The first-order chi connectivity index (χ1) is 2.64. The maximum atomic E-state index is 5.75. The SMILES string of the molecule is C[CH](S)[SnH]([CH3])[Cl]. The first-order valence-corrected chi connectivity index (χ1v) is 11.9. The van der Waals surface area contributed by atoms with Gasteiger partial charge in [0.05, 0.1) is 0 Å². The fourth-order valence-electron chi connectivity index (χ4n) is 0. The minimum atomic E-state index is -1.47. The molecule has 6 heavy (non-hydrogen) atoms. The van der Waals surface area contributed by atoms with Gasteiger partial charge in [-0.25, -0.2) is 0 Å². The second-order valence-corrected chi connectivity index (χ2v) is 15.2. The molecule has 0 aliphatic rings. The summed E-state index contributed by atoms with van der Waals surface area (Å²) < 4.78 is 0.522. The summed E-state index contributed by atoms with van der Waals surface area (Å²) in [4.78, 5) is 2.14. The Bertz CT molecular complexity index is 31.8. The van der Waals surface area contributed by atoms with E-state index < -0.39 is 18.6 Å². The molecular weight excluding hydrogens is 222 g/mol. The number of rotatable bonds is 1. The molecule has 0 aromatic heterocycles. The molecule has 0 saturated heterocycles. The van der Waals surface area contributed by atoms with Crippen LogP contribution in [-0.2, 0) is 0 Å². The molecule has 0 aromatic carbocycles. The molecule has 0 rings (SSSR count). The van der Waals surface area contributed by atoms with Crippen LogP contribution in [0.3, 0.4) is 0 Å². The van der Waals surface area contributed by atoms with Gasteiger partial charge in [0.1, 0.15) is 0 Å². The van der Waals surface area contributed by atoms with Crippen LogP contribution in [0, 0.1) is 0 Å². The van der Waals surface area contributed by atoms with Crippen molar-refractivity contribution in [1.29, 1.82) is 0 Å². The maximum absolute atomic E-state index is 5.75. The average molecular weight is 231 g/mol. The van der Waals surface area contributed by atoms with Crippen molar-refractivity contribution in [2.75, 3.05) is 0 Å². The van der Waals surface area contributed by atoms with Crippen LogP contribution in [0.1, 0.15) is 6.92 Å². The van der Waals surface area contributed by atoms with Crippen LogP contribution in [0.5, 0.6) is 0 Å². The fourth-order valence-corrected chi connectivity index (χ4v) is 0. The Labute approximate surface area is 55.1 Å². The predicted molar refractivity (Wildman–Crippen MR) is 37.3 cm³/mol. The van der Waals surface area contributed by atoms with Crippen molar-refractivity contribution in [1.82, 2.24) is 0 Å². The van der Waals surface area contributed by atoms with Gasteiger partial charge in [-0.15, -0.1) is 0 Å². The van der Waals surface area contributed by atoms with Crippen molar-refractivity contribution >= 4 is 40.2 Å². The Balaban J connectivity index is 2.99. The summed E-state index contributed by atoms with van der Waals surface area (Å²) in [7, 11) is 5.75. The van der Waals surface area contributed by atoms with Gasteiger partial charge in [-0.1, -0.05) is 0 Å². The fraction of sp³-hybridized carbons (Fsp3) is 1.00. The summed E-state index contributed by atoms with van der Waals surface area (Å²) in [5.74, 6) is 0. The van der Waals surface area contributed by atoms with E-state index in [1.54, 1.807) is 0 Å². The molecule has 0 spiro atoms. The molecule has 0 N–H and O–H groups in total. The third kappa shape index (κ3) is 3.62. The van der Waals surface area contributed by atoms with Gasteiger partial charge in [0.15, 0.2) is 0 Å². The molecule has 0 heterocycles. The van der Waals surface area contributed by atoms with E-state index >= 15 is 0 Å². The van der Waals surface area contributed by atoms with Crippen LogP contribution < -0.4 is 0 Å². The van der Waals surface area contributed by atoms with Crippen LogP contribution in [0.4, 0.5) is 0 Å². The summed E-state index contributed by atoms with van der Waals surface area (Å²) in [5.41, 5.74) is 0. The monoisotopic (exact) mass is 232 g/mol. The van der Waals surface area contributed by atoms with Crippen LogP contribution in [0.2, 0.25) is 4.94 Å². The number of hydrogen-bond acceptors (Lipinski definition) is 1. The number of halogens is 1. The van der Waals surface area contributed by atoms with Gasteiger partial charge in [-0.3, -0.25) is 0 Å². The van der Waals surface area contributed by atoms with E-state index in [1.807, 2.05) is 0 Å². The van der Waals surface area contributed by atoms with E-state index in [9.17, 15) is 0 Å². The second kappa shape index (κ2) is 3.44. The standard InChI is InChI=1S/C2H5S.CH3.ClH.Sn.H/c1-2-3;;;;/h2-3H,1H3;1H3;1H;;/q;;;+1;/p-1. The predicted octanol–water partition coefficient (Wildman–Crippen LogP) is 1.44. The molecule has 0 radical (unpaired) electrons. The average Bonchev–Trinajstić information content (AvgIpc) is 1.36. The van der Waals surface area contributed by atoms with Gasteiger partial charge in [0, 0.05) is 0 Å². The van der Waals surface area contributed by atoms with Crippen molar-refractivity contribution < 1.29 is 0 Å². The molecule has 2 atom stereocenters. The molecule has 0 nitrogen and oxygen atoms in total. The summed E-state index contributed by atoms with van der Waals surface area (Å²) in [6.07, 6.45) is 0. The molecule has 0 aromatic rings. The zero-order valence-corrected chi connectivity index (χ0v) is 8.93. The normalized spacial score (nSPS) is 20.0. The van der Waals surface area contributed by atoms with Gasteiger partial charge >= 0.3 is 55.3 Å². The molecule has 0 bridgehead atoms. The van der Waals surface area contributed by atoms with Crippen LogP contribution in [-0.4, -0.2) is 21.9 Å². The van der Waals surface area contributed by atoms with Crippen molar-refractivity contribution in [3.63, 3.8) is 0 Å². The zero-order chi connectivity index (χ0) is 5.15. The van der Waals surface area contributed by atoms with Gasteiger partial charge in [0.25, 0.3) is 0 Å². The van der Waals surface area contributed by atoms with Crippen molar-refractivity contribution in [2.45, 2.75) is 15.1 Å². The van der Waals surface area contributed by atoms with Crippen molar-refractivity contribution in [2.24, 2.45) is 0 Å². The first-order valence-electron chi connectivity index (χ1n) is 1.96. The van der Waals surface area contributed by atoms with Gasteiger partial charge < -0.3 is 0 Å². The van der Waals surface area contributed by atoms with Gasteiger partial charge in [-0.05, 0) is 0 Å².